The fourth-order valence-corrected chi connectivity index (χ4v) is 4.46. The lowest BCUT2D eigenvalue weighted by Gasteiger charge is -2.39. The van der Waals surface area contributed by atoms with E-state index in [-0.39, 0.29) is 18.9 Å². The van der Waals surface area contributed by atoms with E-state index >= 15 is 0 Å². The first kappa shape index (κ1) is 20.4. The quantitative estimate of drug-likeness (QED) is 0.715. The zero-order valence-corrected chi connectivity index (χ0v) is 16.3. The molecular formula is C20H25F2NO5. The minimum atomic E-state index is -3.07. The Morgan fingerprint density at radius 3 is 2.61 bits per heavy atom. The molecule has 28 heavy (non-hydrogen) atoms. The van der Waals surface area contributed by atoms with Gasteiger partial charge in [-0.25, -0.2) is 8.78 Å². The molecule has 3 rings (SSSR count). The van der Waals surface area contributed by atoms with Gasteiger partial charge in [-0.15, -0.1) is 0 Å². The lowest BCUT2D eigenvalue weighted by Crippen LogP contribution is -2.46. The van der Waals surface area contributed by atoms with E-state index in [9.17, 15) is 18.4 Å². The Kier molecular flexibility index (Phi) is 5.50. The van der Waals surface area contributed by atoms with E-state index in [2.05, 4.69) is 4.74 Å². The van der Waals surface area contributed by atoms with Crippen LogP contribution in [-0.4, -0.2) is 50.6 Å². The maximum atomic E-state index is 14.4. The number of ether oxygens (including phenoxy) is 3. The largest absolute Gasteiger partial charge is 0.497 e. The number of alkyl halides is 2. The minimum absolute atomic E-state index is 0.102. The van der Waals surface area contributed by atoms with Crippen molar-refractivity contribution in [1.82, 2.24) is 4.90 Å². The molecule has 0 aromatic heterocycles. The highest BCUT2D eigenvalue weighted by Gasteiger charge is 2.58. The van der Waals surface area contributed by atoms with Crippen LogP contribution in [0, 0.1) is 11.3 Å². The van der Waals surface area contributed by atoms with E-state index in [0.717, 1.165) is 5.56 Å². The molecule has 6 nitrogen and oxygen atoms in total. The van der Waals surface area contributed by atoms with E-state index < -0.39 is 36.1 Å². The number of carbonyl (C=O) groups is 2. The summed E-state index contributed by atoms with van der Waals surface area (Å²) in [6, 6.07) is 5.27. The summed E-state index contributed by atoms with van der Waals surface area (Å²) in [5.41, 5.74) is -0.457. The molecule has 1 saturated heterocycles. The number of esters is 1. The van der Waals surface area contributed by atoms with Crippen LogP contribution in [0.5, 0.6) is 11.5 Å². The summed E-state index contributed by atoms with van der Waals surface area (Å²) in [6.07, 6.45) is -0.693. The Balaban J connectivity index is 1.81. The third kappa shape index (κ3) is 3.77. The number of hydrogen-bond acceptors (Lipinski definition) is 5. The SMILES string of the molecule is COC(=O)[C@H]1CC(F)(F)C[C@]2(CCN(Cc3ccc(OC)cc3OC)C2=O)C1. The molecule has 1 heterocycles. The number of nitrogens with zero attached hydrogens (tertiary/aromatic N) is 1. The second kappa shape index (κ2) is 7.56. The van der Waals surface area contributed by atoms with Gasteiger partial charge >= 0.3 is 5.97 Å². The average molecular weight is 397 g/mol. The summed E-state index contributed by atoms with van der Waals surface area (Å²) in [5, 5.41) is 0. The highest BCUT2D eigenvalue weighted by atomic mass is 19.3. The van der Waals surface area contributed by atoms with Crippen molar-refractivity contribution >= 4 is 11.9 Å². The molecule has 2 fully saturated rings. The fourth-order valence-electron chi connectivity index (χ4n) is 4.46. The van der Waals surface area contributed by atoms with E-state index in [0.29, 0.717) is 24.5 Å². The van der Waals surface area contributed by atoms with Crippen LogP contribution in [-0.2, 0) is 20.9 Å². The third-order valence-corrected chi connectivity index (χ3v) is 5.77. The number of methoxy groups -OCH3 is 3. The molecule has 1 aromatic rings. The second-order valence-corrected chi connectivity index (χ2v) is 7.60. The number of amides is 1. The van der Waals surface area contributed by atoms with Crippen molar-refractivity contribution in [2.45, 2.75) is 38.2 Å². The standard InChI is InChI=1S/C20H25F2NO5/c1-26-15-5-4-13(16(8-15)27-2)11-23-7-6-19(18(23)25)9-14(17(24)28-3)10-20(21,22)12-19/h4-5,8,14H,6-7,9-12H2,1-3H3/t14-,19+/m1/s1. The van der Waals surface area contributed by atoms with Gasteiger partial charge in [-0.2, -0.15) is 0 Å². The molecule has 1 aromatic carbocycles. The lowest BCUT2D eigenvalue weighted by atomic mass is 9.67. The van der Waals surface area contributed by atoms with Gasteiger partial charge in [0.1, 0.15) is 11.5 Å². The van der Waals surface area contributed by atoms with Crippen LogP contribution >= 0.6 is 0 Å². The van der Waals surface area contributed by atoms with Crippen LogP contribution in [0.3, 0.4) is 0 Å². The fraction of sp³-hybridized carbons (Fsp3) is 0.600. The van der Waals surface area contributed by atoms with Crippen LogP contribution in [0.2, 0.25) is 0 Å². The first-order valence-corrected chi connectivity index (χ1v) is 9.19. The van der Waals surface area contributed by atoms with Crippen molar-refractivity contribution in [1.29, 1.82) is 0 Å². The highest BCUT2D eigenvalue weighted by molar-refractivity contribution is 5.86. The van der Waals surface area contributed by atoms with Gasteiger partial charge < -0.3 is 19.1 Å². The Morgan fingerprint density at radius 1 is 1.21 bits per heavy atom. The Hall–Kier alpha value is -2.38. The molecule has 0 N–H and O–H groups in total. The van der Waals surface area contributed by atoms with Crippen molar-refractivity contribution < 1.29 is 32.6 Å². The van der Waals surface area contributed by atoms with Crippen LogP contribution < -0.4 is 9.47 Å². The van der Waals surface area contributed by atoms with Gasteiger partial charge in [0.25, 0.3) is 0 Å². The predicted molar refractivity (Wildman–Crippen MR) is 96.3 cm³/mol. The van der Waals surface area contributed by atoms with Gasteiger partial charge in [0.15, 0.2) is 0 Å². The zero-order valence-electron chi connectivity index (χ0n) is 16.3. The number of hydrogen-bond donors (Lipinski definition) is 0. The summed E-state index contributed by atoms with van der Waals surface area (Å²) in [6.45, 7) is 0.611. The summed E-state index contributed by atoms with van der Waals surface area (Å²) >= 11 is 0. The molecule has 1 aliphatic heterocycles. The summed E-state index contributed by atoms with van der Waals surface area (Å²) < 4.78 is 43.9. The van der Waals surface area contributed by atoms with Crippen molar-refractivity contribution in [2.24, 2.45) is 11.3 Å². The first-order valence-electron chi connectivity index (χ1n) is 9.19. The van der Waals surface area contributed by atoms with Crippen LogP contribution in [0.4, 0.5) is 8.78 Å². The number of likely N-dealkylation sites (tertiary alicyclic amines) is 1. The number of benzene rings is 1. The van der Waals surface area contributed by atoms with Gasteiger partial charge in [-0.05, 0) is 25.0 Å². The van der Waals surface area contributed by atoms with E-state index in [1.165, 1.54) is 14.2 Å². The summed E-state index contributed by atoms with van der Waals surface area (Å²) in [4.78, 5) is 26.6. The Bertz CT molecular complexity index is 769. The van der Waals surface area contributed by atoms with Gasteiger partial charge in [0.05, 0.1) is 32.7 Å². The zero-order chi connectivity index (χ0) is 20.5. The monoisotopic (exact) mass is 397 g/mol. The first-order chi connectivity index (χ1) is 13.2. The molecule has 0 bridgehead atoms. The van der Waals surface area contributed by atoms with Crippen LogP contribution in [0.15, 0.2) is 18.2 Å². The third-order valence-electron chi connectivity index (χ3n) is 5.77. The molecule has 2 aliphatic rings. The van der Waals surface area contributed by atoms with E-state index in [1.54, 1.807) is 30.2 Å². The van der Waals surface area contributed by atoms with Crippen LogP contribution in [0.25, 0.3) is 0 Å². The minimum Gasteiger partial charge on any atom is -0.497 e. The predicted octanol–water partition coefficient (Wildman–Crippen LogP) is 3.03. The van der Waals surface area contributed by atoms with Crippen molar-refractivity contribution in [3.63, 3.8) is 0 Å². The van der Waals surface area contributed by atoms with Crippen molar-refractivity contribution in [3.8, 4) is 11.5 Å². The van der Waals surface area contributed by atoms with E-state index in [1.807, 2.05) is 0 Å². The molecule has 1 aliphatic carbocycles. The summed E-state index contributed by atoms with van der Waals surface area (Å²) in [5.74, 6) is -3.86. The Morgan fingerprint density at radius 2 is 1.96 bits per heavy atom. The molecule has 0 unspecified atom stereocenters. The molecular weight excluding hydrogens is 372 g/mol. The topological polar surface area (TPSA) is 65.1 Å². The van der Waals surface area contributed by atoms with Crippen molar-refractivity contribution in [2.75, 3.05) is 27.9 Å². The molecule has 1 spiro atoms. The number of carbonyl (C=O) groups excluding carboxylic acids is 2. The summed E-state index contributed by atoms with van der Waals surface area (Å²) in [7, 11) is 4.25. The van der Waals surface area contributed by atoms with Crippen molar-refractivity contribution in [3.05, 3.63) is 23.8 Å². The Labute approximate surface area is 162 Å². The maximum absolute atomic E-state index is 14.4. The second-order valence-electron chi connectivity index (χ2n) is 7.60. The van der Waals surface area contributed by atoms with Gasteiger partial charge in [-0.1, -0.05) is 0 Å². The normalized spacial score (nSPS) is 26.4. The van der Waals surface area contributed by atoms with Gasteiger partial charge in [-0.3, -0.25) is 9.59 Å². The number of rotatable bonds is 5. The molecule has 154 valence electrons. The maximum Gasteiger partial charge on any atom is 0.308 e. The molecule has 8 heteroatoms. The number of halogens is 2. The molecule has 1 amide bonds. The average Bonchev–Trinajstić information content (AvgIpc) is 2.95. The van der Waals surface area contributed by atoms with Gasteiger partial charge in [0.2, 0.25) is 11.8 Å². The van der Waals surface area contributed by atoms with Gasteiger partial charge in [0, 0.05) is 37.6 Å². The van der Waals surface area contributed by atoms with E-state index in [4.69, 9.17) is 9.47 Å². The smallest absolute Gasteiger partial charge is 0.308 e. The molecule has 2 atom stereocenters. The highest BCUT2D eigenvalue weighted by Crippen LogP contribution is 2.53. The molecule has 0 radical (unpaired) electrons. The van der Waals surface area contributed by atoms with Crippen LogP contribution in [0.1, 0.15) is 31.2 Å². The lowest BCUT2D eigenvalue weighted by molar-refractivity contribution is -0.165. The molecule has 1 saturated carbocycles.